The first-order valence-corrected chi connectivity index (χ1v) is 10.4. The summed E-state index contributed by atoms with van der Waals surface area (Å²) in [6, 6.07) is 19.3. The minimum absolute atomic E-state index is 0.208. The van der Waals surface area contributed by atoms with E-state index in [1.54, 1.807) is 13.2 Å². The first-order chi connectivity index (χ1) is 14.6. The lowest BCUT2D eigenvalue weighted by atomic mass is 10.0. The van der Waals surface area contributed by atoms with Crippen molar-refractivity contribution < 1.29 is 19.1 Å². The van der Waals surface area contributed by atoms with Crippen molar-refractivity contribution in [3.63, 3.8) is 0 Å². The van der Waals surface area contributed by atoms with E-state index in [1.807, 2.05) is 67.6 Å². The van der Waals surface area contributed by atoms with Crippen LogP contribution in [0.25, 0.3) is 16.8 Å². The van der Waals surface area contributed by atoms with Gasteiger partial charge in [0.2, 0.25) is 0 Å². The molecule has 0 unspecified atom stereocenters. The highest BCUT2D eigenvalue weighted by Gasteiger charge is 2.34. The number of hydrogen-bond acceptors (Lipinski definition) is 5. The van der Waals surface area contributed by atoms with Gasteiger partial charge in [-0.2, -0.15) is 0 Å². The number of amides is 2. The summed E-state index contributed by atoms with van der Waals surface area (Å²) in [5.74, 6) is 1.19. The van der Waals surface area contributed by atoms with Gasteiger partial charge in [-0.15, -0.1) is 0 Å². The van der Waals surface area contributed by atoms with E-state index >= 15 is 0 Å². The van der Waals surface area contributed by atoms with Crippen molar-refractivity contribution in [2.75, 3.05) is 20.3 Å². The molecular formula is C24H21NO4S. The normalized spacial score (nSPS) is 15.3. The molecule has 2 amide bonds. The van der Waals surface area contributed by atoms with Gasteiger partial charge in [0.15, 0.2) is 0 Å². The summed E-state index contributed by atoms with van der Waals surface area (Å²) in [6.45, 7) is 2.46. The van der Waals surface area contributed by atoms with E-state index in [4.69, 9.17) is 9.47 Å². The zero-order valence-electron chi connectivity index (χ0n) is 16.8. The zero-order chi connectivity index (χ0) is 21.1. The van der Waals surface area contributed by atoms with Crippen LogP contribution < -0.4 is 9.47 Å². The number of rotatable bonds is 6. The monoisotopic (exact) mass is 419 g/mol. The molecule has 1 fully saturated rings. The van der Waals surface area contributed by atoms with Gasteiger partial charge >= 0.3 is 0 Å². The molecule has 5 nitrogen and oxygen atoms in total. The molecule has 0 bridgehead atoms. The van der Waals surface area contributed by atoms with Gasteiger partial charge in [0.1, 0.15) is 18.1 Å². The number of ether oxygens (including phenoxy) is 2. The lowest BCUT2D eigenvalue weighted by molar-refractivity contribution is -0.123. The fourth-order valence-corrected chi connectivity index (χ4v) is 4.18. The predicted molar refractivity (Wildman–Crippen MR) is 120 cm³/mol. The maximum Gasteiger partial charge on any atom is 0.293 e. The van der Waals surface area contributed by atoms with Crippen molar-refractivity contribution in [3.05, 3.63) is 76.7 Å². The van der Waals surface area contributed by atoms with Gasteiger partial charge in [0, 0.05) is 5.39 Å². The summed E-state index contributed by atoms with van der Waals surface area (Å²) in [6.07, 6.45) is 1.77. The van der Waals surface area contributed by atoms with Crippen molar-refractivity contribution in [1.82, 2.24) is 4.90 Å². The average molecular weight is 420 g/mol. The standard InChI is InChI=1S/C24H21NO4S/c1-16-7-10-18(11-8-16)29-14-13-25-23(26)22(30-24(25)27)15-17-9-12-21(28-2)20-6-4-3-5-19(17)20/h3-12,15H,13-14H2,1-2H3/b22-15-. The van der Waals surface area contributed by atoms with Crippen LogP contribution >= 0.6 is 11.8 Å². The first-order valence-electron chi connectivity index (χ1n) is 9.57. The Labute approximate surface area is 179 Å². The predicted octanol–water partition coefficient (Wildman–Crippen LogP) is 5.27. The molecule has 0 N–H and O–H groups in total. The molecule has 0 spiro atoms. The third kappa shape index (κ3) is 4.04. The van der Waals surface area contributed by atoms with Crippen LogP contribution in [0.2, 0.25) is 0 Å². The summed E-state index contributed by atoms with van der Waals surface area (Å²) >= 11 is 0.955. The van der Waals surface area contributed by atoms with E-state index in [1.165, 1.54) is 4.90 Å². The van der Waals surface area contributed by atoms with Crippen LogP contribution in [-0.4, -0.2) is 36.3 Å². The highest BCUT2D eigenvalue weighted by molar-refractivity contribution is 8.18. The molecule has 4 rings (SSSR count). The summed E-state index contributed by atoms with van der Waals surface area (Å²) in [7, 11) is 1.63. The van der Waals surface area contributed by atoms with Crippen LogP contribution in [0.4, 0.5) is 4.79 Å². The molecule has 3 aromatic carbocycles. The number of aryl methyl sites for hydroxylation is 1. The van der Waals surface area contributed by atoms with Crippen molar-refractivity contribution >= 4 is 39.8 Å². The highest BCUT2D eigenvalue weighted by atomic mass is 32.2. The Kier molecular flexibility index (Phi) is 5.77. The quantitative estimate of drug-likeness (QED) is 0.509. The molecule has 0 radical (unpaired) electrons. The Morgan fingerprint density at radius 2 is 1.70 bits per heavy atom. The molecule has 1 saturated heterocycles. The topological polar surface area (TPSA) is 55.8 Å². The molecule has 1 aliphatic rings. The zero-order valence-corrected chi connectivity index (χ0v) is 17.6. The van der Waals surface area contributed by atoms with Gasteiger partial charge in [0.05, 0.1) is 18.6 Å². The number of imide groups is 1. The number of carbonyl (C=O) groups is 2. The van der Waals surface area contributed by atoms with Crippen molar-refractivity contribution in [3.8, 4) is 11.5 Å². The summed E-state index contributed by atoms with van der Waals surface area (Å²) < 4.78 is 11.1. The second kappa shape index (κ2) is 8.63. The van der Waals surface area contributed by atoms with E-state index in [0.29, 0.717) is 10.7 Å². The fourth-order valence-electron chi connectivity index (χ4n) is 3.32. The number of thioether (sulfide) groups is 1. The minimum atomic E-state index is -0.294. The van der Waals surface area contributed by atoms with E-state index in [2.05, 4.69) is 0 Å². The van der Waals surface area contributed by atoms with E-state index < -0.39 is 0 Å². The Balaban J connectivity index is 1.50. The number of carbonyl (C=O) groups excluding carboxylic acids is 2. The van der Waals surface area contributed by atoms with Gasteiger partial charge in [-0.1, -0.05) is 48.0 Å². The van der Waals surface area contributed by atoms with Crippen LogP contribution in [-0.2, 0) is 4.79 Å². The smallest absolute Gasteiger partial charge is 0.293 e. The first kappa shape index (κ1) is 20.0. The largest absolute Gasteiger partial charge is 0.496 e. The molecule has 0 aliphatic carbocycles. The molecule has 3 aromatic rings. The summed E-state index contributed by atoms with van der Waals surface area (Å²) in [5, 5.41) is 1.64. The maximum absolute atomic E-state index is 12.8. The third-order valence-electron chi connectivity index (χ3n) is 4.90. The molecule has 1 aliphatic heterocycles. The number of fused-ring (bicyclic) bond motifs is 1. The van der Waals surface area contributed by atoms with Crippen LogP contribution in [0.15, 0.2) is 65.6 Å². The van der Waals surface area contributed by atoms with Gasteiger partial charge in [0.25, 0.3) is 11.1 Å². The van der Waals surface area contributed by atoms with E-state index in [0.717, 1.165) is 39.4 Å². The molecule has 30 heavy (non-hydrogen) atoms. The van der Waals surface area contributed by atoms with Crippen LogP contribution in [0.1, 0.15) is 11.1 Å². The number of benzene rings is 3. The van der Waals surface area contributed by atoms with Crippen molar-refractivity contribution in [2.45, 2.75) is 6.92 Å². The van der Waals surface area contributed by atoms with Crippen LogP contribution in [0.5, 0.6) is 11.5 Å². The molecule has 0 saturated carbocycles. The van der Waals surface area contributed by atoms with Gasteiger partial charge in [-0.05, 0) is 53.9 Å². The fraction of sp³-hybridized carbons (Fsp3) is 0.167. The van der Waals surface area contributed by atoms with Crippen LogP contribution in [0, 0.1) is 6.92 Å². The SMILES string of the molecule is COc1ccc(/C=C2\SC(=O)N(CCOc3ccc(C)cc3)C2=O)c2ccccc12. The summed E-state index contributed by atoms with van der Waals surface area (Å²) in [4.78, 5) is 26.8. The second-order valence-electron chi connectivity index (χ2n) is 6.90. The van der Waals surface area contributed by atoms with Crippen LogP contribution in [0.3, 0.4) is 0 Å². The average Bonchev–Trinajstić information content (AvgIpc) is 3.02. The van der Waals surface area contributed by atoms with Gasteiger partial charge < -0.3 is 9.47 Å². The second-order valence-corrected chi connectivity index (χ2v) is 7.89. The Bertz CT molecular complexity index is 1140. The molecule has 1 heterocycles. The highest BCUT2D eigenvalue weighted by Crippen LogP contribution is 2.35. The molecular weight excluding hydrogens is 398 g/mol. The molecule has 152 valence electrons. The van der Waals surface area contributed by atoms with Gasteiger partial charge in [-0.3, -0.25) is 14.5 Å². The Morgan fingerprint density at radius 3 is 2.43 bits per heavy atom. The number of nitrogens with zero attached hydrogens (tertiary/aromatic N) is 1. The molecule has 6 heteroatoms. The van der Waals surface area contributed by atoms with Crippen molar-refractivity contribution in [1.29, 1.82) is 0 Å². The van der Waals surface area contributed by atoms with E-state index in [9.17, 15) is 9.59 Å². The lowest BCUT2D eigenvalue weighted by Crippen LogP contribution is -2.32. The molecule has 0 atom stereocenters. The number of methoxy groups -OCH3 is 1. The number of hydrogen-bond donors (Lipinski definition) is 0. The maximum atomic E-state index is 12.8. The third-order valence-corrected chi connectivity index (χ3v) is 5.81. The van der Waals surface area contributed by atoms with Crippen molar-refractivity contribution in [2.24, 2.45) is 0 Å². The minimum Gasteiger partial charge on any atom is -0.496 e. The van der Waals surface area contributed by atoms with E-state index in [-0.39, 0.29) is 24.3 Å². The summed E-state index contributed by atoms with van der Waals surface area (Å²) in [5.41, 5.74) is 2.01. The Hall–Kier alpha value is -3.25. The Morgan fingerprint density at radius 1 is 0.967 bits per heavy atom. The molecule has 0 aromatic heterocycles. The van der Waals surface area contributed by atoms with Gasteiger partial charge in [-0.25, -0.2) is 0 Å². The lowest BCUT2D eigenvalue weighted by Gasteiger charge is -2.13.